The molecule has 0 bridgehead atoms. The van der Waals surface area contributed by atoms with Gasteiger partial charge in [0.25, 0.3) is 0 Å². The summed E-state index contributed by atoms with van der Waals surface area (Å²) in [6, 6.07) is 21.8. The Morgan fingerprint density at radius 1 is 1.03 bits per heavy atom. The van der Waals surface area contributed by atoms with E-state index in [1.807, 2.05) is 48.5 Å². The van der Waals surface area contributed by atoms with Crippen molar-refractivity contribution in [2.75, 3.05) is 5.32 Å². The Morgan fingerprint density at radius 3 is 2.45 bits per heavy atom. The molecule has 33 heavy (non-hydrogen) atoms. The van der Waals surface area contributed by atoms with Crippen LogP contribution in [0.1, 0.15) is 31.9 Å². The Morgan fingerprint density at radius 2 is 1.73 bits per heavy atom. The van der Waals surface area contributed by atoms with Gasteiger partial charge in [0, 0.05) is 11.1 Å². The summed E-state index contributed by atoms with van der Waals surface area (Å²) in [5.74, 6) is -0.512. The van der Waals surface area contributed by atoms with Crippen molar-refractivity contribution < 1.29 is 9.50 Å². The second-order valence-electron chi connectivity index (χ2n) is 8.82. The molecule has 0 saturated carbocycles. The minimum absolute atomic E-state index is 0.0703. The quantitative estimate of drug-likeness (QED) is 0.248. The summed E-state index contributed by atoms with van der Waals surface area (Å²) in [5, 5.41) is 22.9. The molecule has 0 aliphatic heterocycles. The zero-order chi connectivity index (χ0) is 23.6. The standard InChI is InChI=1S/C26H25FN4OS/c1-26(2,3)21-12-8-7-9-17(21)16-31-22-14-13-18(27)15-20(22)23(24(31)32)29-30-25(33)28-19-10-5-4-6-11-19/h4-15,32H,16H2,1-3H3,(H,28,33). The predicted molar refractivity (Wildman–Crippen MR) is 135 cm³/mol. The van der Waals surface area contributed by atoms with Gasteiger partial charge in [-0.2, -0.15) is 0 Å². The molecule has 0 fully saturated rings. The lowest BCUT2D eigenvalue weighted by Gasteiger charge is -2.23. The topological polar surface area (TPSA) is 61.9 Å². The highest BCUT2D eigenvalue weighted by molar-refractivity contribution is 7.80. The normalized spacial score (nSPS) is 11.9. The van der Waals surface area contributed by atoms with E-state index in [9.17, 15) is 9.50 Å². The number of fused-ring (bicyclic) bond motifs is 1. The first kappa shape index (κ1) is 22.6. The number of hydrogen-bond acceptors (Lipinski definition) is 3. The molecule has 3 aromatic carbocycles. The van der Waals surface area contributed by atoms with Crippen LogP contribution in [0.15, 0.2) is 83.0 Å². The van der Waals surface area contributed by atoms with Crippen LogP contribution >= 0.6 is 12.2 Å². The zero-order valence-corrected chi connectivity index (χ0v) is 19.5. The number of anilines is 1. The molecule has 4 rings (SSSR count). The van der Waals surface area contributed by atoms with Crippen molar-refractivity contribution in [3.63, 3.8) is 0 Å². The van der Waals surface area contributed by atoms with E-state index < -0.39 is 5.82 Å². The Hall–Kier alpha value is -3.58. The van der Waals surface area contributed by atoms with Crippen molar-refractivity contribution in [3.8, 4) is 5.88 Å². The van der Waals surface area contributed by atoms with Crippen LogP contribution in [0.2, 0.25) is 0 Å². The second-order valence-corrected chi connectivity index (χ2v) is 9.21. The summed E-state index contributed by atoms with van der Waals surface area (Å²) in [5.41, 5.74) is 3.77. The van der Waals surface area contributed by atoms with Gasteiger partial charge in [-0.3, -0.25) is 0 Å². The van der Waals surface area contributed by atoms with Crippen LogP contribution in [0.5, 0.6) is 5.88 Å². The molecule has 7 heteroatoms. The first-order valence-electron chi connectivity index (χ1n) is 10.6. The maximum Gasteiger partial charge on any atom is 0.221 e. The number of benzene rings is 3. The Labute approximate surface area is 197 Å². The van der Waals surface area contributed by atoms with Crippen molar-refractivity contribution in [3.05, 3.63) is 89.7 Å². The first-order valence-corrected chi connectivity index (χ1v) is 11.0. The minimum Gasteiger partial charge on any atom is -0.493 e. The molecule has 0 amide bonds. The number of halogens is 1. The van der Waals surface area contributed by atoms with E-state index in [0.717, 1.165) is 11.3 Å². The fourth-order valence-corrected chi connectivity index (χ4v) is 4.04. The van der Waals surface area contributed by atoms with Crippen molar-refractivity contribution >= 4 is 39.6 Å². The molecule has 168 valence electrons. The number of thiocarbonyl (C=S) groups is 1. The fourth-order valence-electron chi connectivity index (χ4n) is 3.88. The van der Waals surface area contributed by atoms with E-state index in [1.54, 1.807) is 10.6 Å². The number of aromatic hydroxyl groups is 1. The largest absolute Gasteiger partial charge is 0.493 e. The number of nitrogens with zero attached hydrogens (tertiary/aromatic N) is 3. The molecule has 4 aromatic rings. The van der Waals surface area contributed by atoms with Crippen LogP contribution in [-0.2, 0) is 12.0 Å². The number of aromatic nitrogens is 1. The van der Waals surface area contributed by atoms with Crippen LogP contribution in [0, 0.1) is 5.82 Å². The average molecular weight is 461 g/mol. The van der Waals surface area contributed by atoms with Crippen molar-refractivity contribution in [2.45, 2.75) is 32.7 Å². The molecule has 1 aromatic heterocycles. The fraction of sp³-hybridized carbons (Fsp3) is 0.192. The maximum atomic E-state index is 14.1. The summed E-state index contributed by atoms with van der Waals surface area (Å²) in [7, 11) is 0. The highest BCUT2D eigenvalue weighted by atomic mass is 32.1. The predicted octanol–water partition coefficient (Wildman–Crippen LogP) is 7.31. The number of rotatable bonds is 4. The summed E-state index contributed by atoms with van der Waals surface area (Å²) < 4.78 is 15.8. The van der Waals surface area contributed by atoms with Gasteiger partial charge in [-0.05, 0) is 59.1 Å². The highest BCUT2D eigenvalue weighted by Gasteiger charge is 2.21. The van der Waals surface area contributed by atoms with Gasteiger partial charge < -0.3 is 15.0 Å². The Balaban J connectivity index is 1.73. The third-order valence-electron chi connectivity index (χ3n) is 5.39. The van der Waals surface area contributed by atoms with E-state index in [-0.39, 0.29) is 22.1 Å². The summed E-state index contributed by atoms with van der Waals surface area (Å²) in [6.45, 7) is 6.85. The molecular formula is C26H25FN4OS. The lowest BCUT2D eigenvalue weighted by atomic mass is 9.84. The zero-order valence-electron chi connectivity index (χ0n) is 18.7. The van der Waals surface area contributed by atoms with E-state index >= 15 is 0 Å². The smallest absolute Gasteiger partial charge is 0.221 e. The number of azo groups is 1. The van der Waals surface area contributed by atoms with Gasteiger partial charge in [0.1, 0.15) is 5.82 Å². The minimum atomic E-state index is -0.420. The van der Waals surface area contributed by atoms with E-state index in [4.69, 9.17) is 12.2 Å². The summed E-state index contributed by atoms with van der Waals surface area (Å²) in [4.78, 5) is 0. The molecule has 0 unspecified atom stereocenters. The average Bonchev–Trinajstić information content (AvgIpc) is 3.03. The van der Waals surface area contributed by atoms with Gasteiger partial charge in [0.05, 0.1) is 12.1 Å². The number of para-hydroxylation sites is 1. The SMILES string of the molecule is CC(C)(C)c1ccccc1Cn1c(O)c(N=NC(=S)Nc2ccccc2)c2cc(F)ccc21. The molecule has 0 radical (unpaired) electrons. The van der Waals surface area contributed by atoms with Gasteiger partial charge in [-0.15, -0.1) is 10.2 Å². The third-order valence-corrected chi connectivity index (χ3v) is 5.58. The van der Waals surface area contributed by atoms with E-state index in [0.29, 0.717) is 17.4 Å². The molecule has 1 heterocycles. The lowest BCUT2D eigenvalue weighted by Crippen LogP contribution is -2.15. The van der Waals surface area contributed by atoms with Crippen LogP contribution in [0.25, 0.3) is 10.9 Å². The number of nitrogens with one attached hydrogen (secondary N) is 1. The van der Waals surface area contributed by atoms with Crippen LogP contribution in [-0.4, -0.2) is 14.8 Å². The summed E-state index contributed by atoms with van der Waals surface area (Å²) in [6.07, 6.45) is 0. The molecular weight excluding hydrogens is 435 g/mol. The van der Waals surface area contributed by atoms with Crippen LogP contribution in [0.4, 0.5) is 15.8 Å². The van der Waals surface area contributed by atoms with Gasteiger partial charge in [0.2, 0.25) is 11.0 Å². The molecule has 0 spiro atoms. The van der Waals surface area contributed by atoms with Gasteiger partial charge in [-0.25, -0.2) is 4.39 Å². The first-order chi connectivity index (χ1) is 15.7. The van der Waals surface area contributed by atoms with Crippen LogP contribution < -0.4 is 5.32 Å². The van der Waals surface area contributed by atoms with Crippen molar-refractivity contribution in [1.82, 2.24) is 4.57 Å². The van der Waals surface area contributed by atoms with E-state index in [1.165, 1.54) is 17.7 Å². The van der Waals surface area contributed by atoms with Crippen molar-refractivity contribution in [2.24, 2.45) is 10.2 Å². The van der Waals surface area contributed by atoms with Crippen molar-refractivity contribution in [1.29, 1.82) is 0 Å². The highest BCUT2D eigenvalue weighted by Crippen LogP contribution is 2.40. The summed E-state index contributed by atoms with van der Waals surface area (Å²) >= 11 is 5.26. The Bertz CT molecular complexity index is 1340. The van der Waals surface area contributed by atoms with Gasteiger partial charge >= 0.3 is 0 Å². The molecule has 0 atom stereocenters. The Kier molecular flexibility index (Phi) is 6.24. The number of hydrogen-bond donors (Lipinski definition) is 2. The third kappa shape index (κ3) is 4.93. The molecule has 5 nitrogen and oxygen atoms in total. The van der Waals surface area contributed by atoms with Crippen LogP contribution in [0.3, 0.4) is 0 Å². The maximum absolute atomic E-state index is 14.1. The molecule has 2 N–H and O–H groups in total. The molecule has 0 aliphatic carbocycles. The molecule has 0 saturated heterocycles. The second kappa shape index (κ2) is 9.11. The van der Waals surface area contributed by atoms with Gasteiger partial charge in [0.15, 0.2) is 5.69 Å². The molecule has 0 aliphatic rings. The monoisotopic (exact) mass is 460 g/mol. The van der Waals surface area contributed by atoms with Gasteiger partial charge in [-0.1, -0.05) is 63.2 Å². The van der Waals surface area contributed by atoms with E-state index in [2.05, 4.69) is 42.4 Å². The lowest BCUT2D eigenvalue weighted by molar-refractivity contribution is 0.428.